The van der Waals surface area contributed by atoms with Gasteiger partial charge in [-0.05, 0) is 0 Å². The van der Waals surface area contributed by atoms with Gasteiger partial charge in [-0.2, -0.15) is 0 Å². The van der Waals surface area contributed by atoms with E-state index in [1.807, 2.05) is 13.8 Å². The minimum Gasteiger partial charge on any atom is -0.444 e. The van der Waals surface area contributed by atoms with Crippen LogP contribution in [0.25, 0.3) is 0 Å². The second kappa shape index (κ2) is 6.12. The Kier molecular flexibility index (Phi) is 4.78. The molecule has 0 fully saturated rings. The number of nitrogens with two attached hydrogens (primary N) is 1. The predicted octanol–water partition coefficient (Wildman–Crippen LogP) is 0.709. The first-order valence-corrected chi connectivity index (χ1v) is 5.29. The Hall–Kier alpha value is -1.56. The lowest BCUT2D eigenvalue weighted by Gasteiger charge is -2.09. The number of nitrogens with zero attached hydrogens (tertiary/aromatic N) is 2. The average molecular weight is 226 g/mol. The fourth-order valence-corrected chi connectivity index (χ4v) is 1.19. The highest BCUT2D eigenvalue weighted by molar-refractivity contribution is 5.82. The molecule has 0 radical (unpaired) electrons. The van der Waals surface area contributed by atoms with Crippen LogP contribution in [-0.4, -0.2) is 22.6 Å². The smallest absolute Gasteiger partial charge is 0.208 e. The maximum Gasteiger partial charge on any atom is 0.208 e. The molecule has 1 aromatic heterocycles. The number of hydrogen-bond acceptors (Lipinski definition) is 5. The van der Waals surface area contributed by atoms with Crippen LogP contribution in [0.3, 0.4) is 0 Å². The van der Waals surface area contributed by atoms with Gasteiger partial charge in [-0.1, -0.05) is 19.0 Å². The summed E-state index contributed by atoms with van der Waals surface area (Å²) in [7, 11) is 0. The SMILES string of the molecule is CCc1cnc(CNCC(C)C(N)=NO)o1. The number of oxime groups is 1. The molecular weight excluding hydrogens is 208 g/mol. The zero-order valence-electron chi connectivity index (χ0n) is 9.60. The van der Waals surface area contributed by atoms with Gasteiger partial charge in [0.05, 0.1) is 12.7 Å². The van der Waals surface area contributed by atoms with Crippen LogP contribution in [0.1, 0.15) is 25.5 Å². The van der Waals surface area contributed by atoms with Crippen LogP contribution in [0.4, 0.5) is 0 Å². The van der Waals surface area contributed by atoms with Crippen molar-refractivity contribution in [3.8, 4) is 0 Å². The van der Waals surface area contributed by atoms with Crippen molar-refractivity contribution in [2.24, 2.45) is 16.8 Å². The van der Waals surface area contributed by atoms with Gasteiger partial charge in [0.25, 0.3) is 0 Å². The van der Waals surface area contributed by atoms with Crippen molar-refractivity contribution < 1.29 is 9.62 Å². The van der Waals surface area contributed by atoms with Crippen molar-refractivity contribution >= 4 is 5.84 Å². The molecule has 90 valence electrons. The lowest BCUT2D eigenvalue weighted by Crippen LogP contribution is -2.31. The molecule has 6 heteroatoms. The third kappa shape index (κ3) is 3.54. The molecular formula is C10H18N4O2. The Morgan fingerprint density at radius 3 is 3.06 bits per heavy atom. The molecule has 0 aromatic carbocycles. The first-order valence-electron chi connectivity index (χ1n) is 5.29. The van der Waals surface area contributed by atoms with E-state index < -0.39 is 0 Å². The minimum atomic E-state index is -0.0226. The predicted molar refractivity (Wildman–Crippen MR) is 60.2 cm³/mol. The van der Waals surface area contributed by atoms with Crippen molar-refractivity contribution in [3.63, 3.8) is 0 Å². The minimum absolute atomic E-state index is 0.0226. The Balaban J connectivity index is 2.30. The summed E-state index contributed by atoms with van der Waals surface area (Å²) in [6.07, 6.45) is 2.57. The summed E-state index contributed by atoms with van der Waals surface area (Å²) < 4.78 is 5.42. The van der Waals surface area contributed by atoms with E-state index in [9.17, 15) is 0 Å². The van der Waals surface area contributed by atoms with Gasteiger partial charge < -0.3 is 20.7 Å². The van der Waals surface area contributed by atoms with Gasteiger partial charge >= 0.3 is 0 Å². The highest BCUT2D eigenvalue weighted by Crippen LogP contribution is 2.03. The van der Waals surface area contributed by atoms with Crippen molar-refractivity contribution in [3.05, 3.63) is 17.8 Å². The Bertz CT molecular complexity index is 348. The Labute approximate surface area is 94.5 Å². The van der Waals surface area contributed by atoms with Crippen LogP contribution in [0.2, 0.25) is 0 Å². The normalized spacial score (nSPS) is 14.0. The van der Waals surface area contributed by atoms with E-state index in [4.69, 9.17) is 15.4 Å². The Morgan fingerprint density at radius 1 is 1.75 bits per heavy atom. The van der Waals surface area contributed by atoms with Crippen LogP contribution in [-0.2, 0) is 13.0 Å². The van der Waals surface area contributed by atoms with Crippen molar-refractivity contribution in [1.82, 2.24) is 10.3 Å². The molecule has 16 heavy (non-hydrogen) atoms. The van der Waals surface area contributed by atoms with Gasteiger partial charge in [0.15, 0.2) is 0 Å². The van der Waals surface area contributed by atoms with E-state index in [0.717, 1.165) is 12.2 Å². The quantitative estimate of drug-likeness (QED) is 0.287. The summed E-state index contributed by atoms with van der Waals surface area (Å²) in [6.45, 7) is 5.04. The second-order valence-electron chi connectivity index (χ2n) is 3.63. The van der Waals surface area contributed by atoms with Crippen LogP contribution in [0, 0.1) is 5.92 Å². The number of amidine groups is 1. The molecule has 0 aliphatic carbocycles. The third-order valence-corrected chi connectivity index (χ3v) is 2.30. The van der Waals surface area contributed by atoms with E-state index >= 15 is 0 Å². The molecule has 6 nitrogen and oxygen atoms in total. The number of oxazole rings is 1. The molecule has 1 rings (SSSR count). The van der Waals surface area contributed by atoms with Crippen molar-refractivity contribution in [2.45, 2.75) is 26.8 Å². The number of hydrogen-bond donors (Lipinski definition) is 3. The molecule has 1 atom stereocenters. The number of nitrogens with one attached hydrogen (secondary N) is 1. The average Bonchev–Trinajstić information content (AvgIpc) is 2.75. The topological polar surface area (TPSA) is 96.7 Å². The zero-order chi connectivity index (χ0) is 12.0. The fourth-order valence-electron chi connectivity index (χ4n) is 1.19. The molecule has 0 aliphatic heterocycles. The van der Waals surface area contributed by atoms with E-state index in [0.29, 0.717) is 19.0 Å². The maximum atomic E-state index is 8.46. The lowest BCUT2D eigenvalue weighted by molar-refractivity contribution is 0.314. The number of aromatic nitrogens is 1. The largest absolute Gasteiger partial charge is 0.444 e. The van der Waals surface area contributed by atoms with Crippen LogP contribution < -0.4 is 11.1 Å². The summed E-state index contributed by atoms with van der Waals surface area (Å²) >= 11 is 0. The van der Waals surface area contributed by atoms with Gasteiger partial charge in [0.2, 0.25) is 5.89 Å². The monoisotopic (exact) mass is 226 g/mol. The van der Waals surface area contributed by atoms with Gasteiger partial charge in [-0.15, -0.1) is 0 Å². The standard InChI is InChI=1S/C10H18N4O2/c1-3-8-5-13-9(16-8)6-12-4-7(2)10(11)14-15/h5,7,12,15H,3-4,6H2,1-2H3,(H2,11,14). The molecule has 0 aliphatic rings. The van der Waals surface area contributed by atoms with Crippen LogP contribution in [0.5, 0.6) is 0 Å². The summed E-state index contributed by atoms with van der Waals surface area (Å²) in [5.41, 5.74) is 5.44. The van der Waals surface area contributed by atoms with E-state index in [2.05, 4.69) is 15.5 Å². The van der Waals surface area contributed by atoms with E-state index in [1.165, 1.54) is 0 Å². The number of rotatable bonds is 6. The van der Waals surface area contributed by atoms with Crippen LogP contribution in [0.15, 0.2) is 15.8 Å². The van der Waals surface area contributed by atoms with E-state index in [-0.39, 0.29) is 11.8 Å². The van der Waals surface area contributed by atoms with E-state index in [1.54, 1.807) is 6.20 Å². The van der Waals surface area contributed by atoms with Gasteiger partial charge in [0.1, 0.15) is 11.6 Å². The molecule has 4 N–H and O–H groups in total. The highest BCUT2D eigenvalue weighted by Gasteiger charge is 2.08. The van der Waals surface area contributed by atoms with Gasteiger partial charge in [0, 0.05) is 18.9 Å². The van der Waals surface area contributed by atoms with Crippen LogP contribution >= 0.6 is 0 Å². The molecule has 0 bridgehead atoms. The summed E-state index contributed by atoms with van der Waals surface area (Å²) in [5, 5.41) is 14.5. The zero-order valence-corrected chi connectivity index (χ0v) is 9.60. The number of aryl methyl sites for hydroxylation is 1. The second-order valence-corrected chi connectivity index (χ2v) is 3.63. The maximum absolute atomic E-state index is 8.46. The summed E-state index contributed by atoms with van der Waals surface area (Å²) in [5.74, 6) is 1.73. The van der Waals surface area contributed by atoms with Gasteiger partial charge in [-0.3, -0.25) is 0 Å². The molecule has 0 saturated heterocycles. The molecule has 0 amide bonds. The summed E-state index contributed by atoms with van der Waals surface area (Å²) in [6, 6.07) is 0. The molecule has 0 spiro atoms. The van der Waals surface area contributed by atoms with Gasteiger partial charge in [-0.25, -0.2) is 4.98 Å². The molecule has 1 heterocycles. The lowest BCUT2D eigenvalue weighted by atomic mass is 10.1. The Morgan fingerprint density at radius 2 is 2.50 bits per heavy atom. The van der Waals surface area contributed by atoms with Crippen molar-refractivity contribution in [2.75, 3.05) is 6.54 Å². The molecule has 1 unspecified atom stereocenters. The summed E-state index contributed by atoms with van der Waals surface area (Å²) in [4.78, 5) is 4.11. The highest BCUT2D eigenvalue weighted by atomic mass is 16.4. The molecule has 1 aromatic rings. The van der Waals surface area contributed by atoms with Crippen molar-refractivity contribution in [1.29, 1.82) is 0 Å². The third-order valence-electron chi connectivity index (χ3n) is 2.30. The first-order chi connectivity index (χ1) is 7.67. The molecule has 0 saturated carbocycles. The first kappa shape index (κ1) is 12.5. The fraction of sp³-hybridized carbons (Fsp3) is 0.600.